The number of nitro groups is 1. The Morgan fingerprint density at radius 3 is 2.90 bits per heavy atom. The first-order valence-electron chi connectivity index (χ1n) is 7.32. The third kappa shape index (κ3) is 3.32. The fourth-order valence-corrected chi connectivity index (χ4v) is 2.87. The largest absolute Gasteiger partial charge is 0.383 e. The number of rotatable bonds is 5. The minimum absolute atomic E-state index is 0.0145. The van der Waals surface area contributed by atoms with Crippen molar-refractivity contribution in [3.8, 4) is 0 Å². The van der Waals surface area contributed by atoms with Crippen molar-refractivity contribution in [3.05, 3.63) is 33.9 Å². The van der Waals surface area contributed by atoms with Gasteiger partial charge in [0.25, 0.3) is 11.6 Å². The summed E-state index contributed by atoms with van der Waals surface area (Å²) >= 11 is 0. The van der Waals surface area contributed by atoms with Crippen LogP contribution in [-0.2, 0) is 0 Å². The zero-order valence-electron chi connectivity index (χ0n) is 12.5. The molecule has 1 aliphatic heterocycles. The van der Waals surface area contributed by atoms with Gasteiger partial charge in [-0.1, -0.05) is 13.3 Å². The SMILES string of the molecule is CCCC1CCN(C(=O)c2ccc([N+](=O)[O-])c(NC)c2)C1. The van der Waals surface area contributed by atoms with Crippen molar-refractivity contribution in [3.63, 3.8) is 0 Å². The van der Waals surface area contributed by atoms with Crippen LogP contribution >= 0.6 is 0 Å². The Balaban J connectivity index is 2.15. The summed E-state index contributed by atoms with van der Waals surface area (Å²) in [6.45, 7) is 3.72. The molecule has 1 N–H and O–H groups in total. The predicted molar refractivity (Wildman–Crippen MR) is 81.6 cm³/mol. The normalized spacial score (nSPS) is 17.8. The first-order chi connectivity index (χ1) is 10.1. The first-order valence-corrected chi connectivity index (χ1v) is 7.32. The van der Waals surface area contributed by atoms with Crippen molar-refractivity contribution in [2.75, 3.05) is 25.5 Å². The third-order valence-corrected chi connectivity index (χ3v) is 3.98. The molecule has 1 fully saturated rings. The van der Waals surface area contributed by atoms with Gasteiger partial charge in [-0.3, -0.25) is 14.9 Å². The van der Waals surface area contributed by atoms with Gasteiger partial charge in [-0.15, -0.1) is 0 Å². The van der Waals surface area contributed by atoms with Crippen LogP contribution in [0.5, 0.6) is 0 Å². The highest BCUT2D eigenvalue weighted by Gasteiger charge is 2.27. The number of benzene rings is 1. The molecule has 1 heterocycles. The van der Waals surface area contributed by atoms with Gasteiger partial charge in [0.15, 0.2) is 0 Å². The van der Waals surface area contributed by atoms with E-state index in [1.54, 1.807) is 13.1 Å². The molecule has 0 aliphatic carbocycles. The van der Waals surface area contributed by atoms with E-state index in [2.05, 4.69) is 12.2 Å². The lowest BCUT2D eigenvalue weighted by atomic mass is 10.0. The molecule has 6 heteroatoms. The van der Waals surface area contributed by atoms with Gasteiger partial charge in [0, 0.05) is 31.8 Å². The van der Waals surface area contributed by atoms with E-state index in [0.29, 0.717) is 17.2 Å². The minimum atomic E-state index is -0.451. The molecule has 2 rings (SSSR count). The van der Waals surface area contributed by atoms with Gasteiger partial charge >= 0.3 is 0 Å². The maximum absolute atomic E-state index is 12.5. The highest BCUT2D eigenvalue weighted by atomic mass is 16.6. The van der Waals surface area contributed by atoms with Crippen LogP contribution in [0.3, 0.4) is 0 Å². The molecule has 0 radical (unpaired) electrons. The number of nitrogens with one attached hydrogen (secondary N) is 1. The first kappa shape index (κ1) is 15.3. The van der Waals surface area contributed by atoms with E-state index >= 15 is 0 Å². The zero-order valence-corrected chi connectivity index (χ0v) is 12.5. The van der Waals surface area contributed by atoms with Gasteiger partial charge in [0.2, 0.25) is 0 Å². The summed E-state index contributed by atoms with van der Waals surface area (Å²) in [5.41, 5.74) is 0.858. The number of carbonyl (C=O) groups is 1. The molecule has 0 spiro atoms. The van der Waals surface area contributed by atoms with Crippen LogP contribution in [0, 0.1) is 16.0 Å². The summed E-state index contributed by atoms with van der Waals surface area (Å²) in [5, 5.41) is 13.7. The Bertz CT molecular complexity index is 545. The molecule has 1 aromatic carbocycles. The minimum Gasteiger partial charge on any atom is -0.383 e. The predicted octanol–water partition coefficient (Wildman–Crippen LogP) is 2.90. The number of likely N-dealkylation sites (tertiary alicyclic amines) is 1. The molecule has 1 aromatic rings. The molecule has 114 valence electrons. The van der Waals surface area contributed by atoms with E-state index in [1.807, 2.05) is 4.90 Å². The summed E-state index contributed by atoms with van der Waals surface area (Å²) in [5.74, 6) is 0.542. The third-order valence-electron chi connectivity index (χ3n) is 3.98. The molecular weight excluding hydrogens is 270 g/mol. The van der Waals surface area contributed by atoms with Crippen molar-refractivity contribution >= 4 is 17.3 Å². The number of carbonyl (C=O) groups excluding carboxylic acids is 1. The molecule has 1 aliphatic rings. The van der Waals surface area contributed by atoms with E-state index in [1.165, 1.54) is 12.1 Å². The Labute approximate surface area is 124 Å². The summed E-state index contributed by atoms with van der Waals surface area (Å²) in [6.07, 6.45) is 3.32. The molecule has 21 heavy (non-hydrogen) atoms. The van der Waals surface area contributed by atoms with Gasteiger partial charge in [-0.2, -0.15) is 0 Å². The Morgan fingerprint density at radius 2 is 2.29 bits per heavy atom. The van der Waals surface area contributed by atoms with Crippen LogP contribution < -0.4 is 5.32 Å². The Hall–Kier alpha value is -2.11. The van der Waals surface area contributed by atoms with Crippen molar-refractivity contribution in [2.45, 2.75) is 26.2 Å². The smallest absolute Gasteiger partial charge is 0.292 e. The Morgan fingerprint density at radius 1 is 1.52 bits per heavy atom. The Kier molecular flexibility index (Phi) is 4.77. The van der Waals surface area contributed by atoms with Crippen LogP contribution in [0.1, 0.15) is 36.5 Å². The van der Waals surface area contributed by atoms with E-state index in [-0.39, 0.29) is 11.6 Å². The lowest BCUT2D eigenvalue weighted by Gasteiger charge is -2.17. The number of hydrogen-bond donors (Lipinski definition) is 1. The molecular formula is C15H21N3O3. The molecule has 1 unspecified atom stereocenters. The monoisotopic (exact) mass is 291 g/mol. The standard InChI is InChI=1S/C15H21N3O3/c1-3-4-11-7-8-17(10-11)15(19)12-5-6-14(18(20)21)13(9-12)16-2/h5-6,9,11,16H,3-4,7-8,10H2,1-2H3. The second-order valence-corrected chi connectivity index (χ2v) is 5.43. The lowest BCUT2D eigenvalue weighted by molar-refractivity contribution is -0.383. The highest BCUT2D eigenvalue weighted by molar-refractivity contribution is 5.96. The highest BCUT2D eigenvalue weighted by Crippen LogP contribution is 2.27. The van der Waals surface area contributed by atoms with E-state index < -0.39 is 4.92 Å². The van der Waals surface area contributed by atoms with Crippen molar-refractivity contribution in [1.82, 2.24) is 4.90 Å². The quantitative estimate of drug-likeness (QED) is 0.668. The summed E-state index contributed by atoms with van der Waals surface area (Å²) in [4.78, 5) is 24.8. The van der Waals surface area contributed by atoms with Crippen molar-refractivity contribution in [1.29, 1.82) is 0 Å². The summed E-state index contributed by atoms with van der Waals surface area (Å²) < 4.78 is 0. The number of nitro benzene ring substituents is 1. The van der Waals surface area contributed by atoms with Crippen LogP contribution in [0.25, 0.3) is 0 Å². The maximum atomic E-state index is 12.5. The number of nitrogens with zero attached hydrogens (tertiary/aromatic N) is 2. The number of anilines is 1. The molecule has 1 atom stereocenters. The molecule has 0 bridgehead atoms. The fraction of sp³-hybridized carbons (Fsp3) is 0.533. The lowest BCUT2D eigenvalue weighted by Crippen LogP contribution is -2.28. The van der Waals surface area contributed by atoms with Gasteiger partial charge in [-0.25, -0.2) is 0 Å². The fourth-order valence-electron chi connectivity index (χ4n) is 2.87. The second-order valence-electron chi connectivity index (χ2n) is 5.43. The summed E-state index contributed by atoms with van der Waals surface area (Å²) in [7, 11) is 1.61. The zero-order chi connectivity index (χ0) is 15.4. The number of hydrogen-bond acceptors (Lipinski definition) is 4. The van der Waals surface area contributed by atoms with Crippen molar-refractivity contribution in [2.24, 2.45) is 5.92 Å². The van der Waals surface area contributed by atoms with Gasteiger partial charge < -0.3 is 10.2 Å². The van der Waals surface area contributed by atoms with E-state index in [4.69, 9.17) is 0 Å². The van der Waals surface area contributed by atoms with Crippen LogP contribution in [-0.4, -0.2) is 35.9 Å². The van der Waals surface area contributed by atoms with Crippen LogP contribution in [0.4, 0.5) is 11.4 Å². The molecule has 1 amide bonds. The molecule has 6 nitrogen and oxygen atoms in total. The van der Waals surface area contributed by atoms with E-state index in [9.17, 15) is 14.9 Å². The maximum Gasteiger partial charge on any atom is 0.292 e. The average Bonchev–Trinajstić information content (AvgIpc) is 2.94. The summed E-state index contributed by atoms with van der Waals surface area (Å²) in [6, 6.07) is 4.49. The topological polar surface area (TPSA) is 75.5 Å². The van der Waals surface area contributed by atoms with E-state index in [0.717, 1.165) is 32.4 Å². The molecule has 1 saturated heterocycles. The van der Waals surface area contributed by atoms with Crippen molar-refractivity contribution < 1.29 is 9.72 Å². The second kappa shape index (κ2) is 6.56. The van der Waals surface area contributed by atoms with Crippen LogP contribution in [0.2, 0.25) is 0 Å². The van der Waals surface area contributed by atoms with Gasteiger partial charge in [0.05, 0.1) is 4.92 Å². The van der Waals surface area contributed by atoms with Gasteiger partial charge in [-0.05, 0) is 30.9 Å². The van der Waals surface area contributed by atoms with Crippen LogP contribution in [0.15, 0.2) is 18.2 Å². The van der Waals surface area contributed by atoms with Gasteiger partial charge in [0.1, 0.15) is 5.69 Å². The number of amides is 1. The molecule has 0 saturated carbocycles. The average molecular weight is 291 g/mol. The molecule has 0 aromatic heterocycles.